The van der Waals surface area contributed by atoms with Gasteiger partial charge in [0.05, 0.1) is 6.54 Å². The van der Waals surface area contributed by atoms with E-state index in [4.69, 9.17) is 4.74 Å². The third kappa shape index (κ3) is 6.41. The van der Waals surface area contributed by atoms with E-state index < -0.39 is 0 Å². The van der Waals surface area contributed by atoms with Gasteiger partial charge in [-0.1, -0.05) is 24.3 Å². The highest BCUT2D eigenvalue weighted by atomic mass is 16.5. The van der Waals surface area contributed by atoms with Crippen LogP contribution in [0.3, 0.4) is 0 Å². The Bertz CT molecular complexity index is 825. The first-order chi connectivity index (χ1) is 14.1. The Balaban J connectivity index is 1.39. The summed E-state index contributed by atoms with van der Waals surface area (Å²) in [5, 5.41) is 9.53. The second-order valence-corrected chi connectivity index (χ2v) is 6.97. The van der Waals surface area contributed by atoms with Crippen molar-refractivity contribution in [1.82, 2.24) is 10.6 Å². The minimum Gasteiger partial charge on any atom is -0.492 e. The van der Waals surface area contributed by atoms with E-state index in [1.165, 1.54) is 12.6 Å². The number of carbonyl (C=O) groups is 1. The molecule has 0 spiro atoms. The van der Waals surface area contributed by atoms with Crippen molar-refractivity contribution in [2.75, 3.05) is 43.5 Å². The number of nitrogens with one attached hydrogen (secondary N) is 3. The number of guanidine groups is 1. The number of carbonyl (C=O) groups excluding carboxylic acids is 1. The van der Waals surface area contributed by atoms with E-state index in [-0.39, 0.29) is 5.91 Å². The monoisotopic (exact) mass is 395 g/mol. The van der Waals surface area contributed by atoms with Gasteiger partial charge < -0.3 is 25.6 Å². The lowest BCUT2D eigenvalue weighted by Gasteiger charge is -2.20. The molecule has 1 unspecified atom stereocenters. The Morgan fingerprint density at radius 2 is 2.03 bits per heavy atom. The number of rotatable bonds is 7. The van der Waals surface area contributed by atoms with Crippen LogP contribution in [0.2, 0.25) is 0 Å². The molecule has 0 bridgehead atoms. The van der Waals surface area contributed by atoms with Crippen LogP contribution in [0.1, 0.15) is 13.3 Å². The SMILES string of the molecule is CN=C(NCCOc1cccc(NC(C)=O)c1)NC1CCN(c2ccccc2)C1. The zero-order valence-electron chi connectivity index (χ0n) is 17.0. The number of hydrogen-bond acceptors (Lipinski definition) is 4. The minimum atomic E-state index is -0.101. The Morgan fingerprint density at radius 3 is 2.79 bits per heavy atom. The van der Waals surface area contributed by atoms with E-state index in [0.29, 0.717) is 19.2 Å². The van der Waals surface area contributed by atoms with Crippen LogP contribution in [0.15, 0.2) is 59.6 Å². The fourth-order valence-electron chi connectivity index (χ4n) is 3.34. The predicted octanol–water partition coefficient (Wildman–Crippen LogP) is 2.47. The van der Waals surface area contributed by atoms with E-state index >= 15 is 0 Å². The molecule has 1 aliphatic rings. The molecule has 2 aromatic carbocycles. The second-order valence-electron chi connectivity index (χ2n) is 6.97. The Hall–Kier alpha value is -3.22. The first kappa shape index (κ1) is 20.5. The van der Waals surface area contributed by atoms with Gasteiger partial charge in [0.1, 0.15) is 12.4 Å². The highest BCUT2D eigenvalue weighted by Crippen LogP contribution is 2.19. The number of nitrogens with zero attached hydrogens (tertiary/aromatic N) is 2. The van der Waals surface area contributed by atoms with Crippen molar-refractivity contribution < 1.29 is 9.53 Å². The van der Waals surface area contributed by atoms with Crippen molar-refractivity contribution in [2.45, 2.75) is 19.4 Å². The van der Waals surface area contributed by atoms with Crippen LogP contribution >= 0.6 is 0 Å². The number of anilines is 2. The lowest BCUT2D eigenvalue weighted by molar-refractivity contribution is -0.114. The molecule has 7 heteroatoms. The minimum absolute atomic E-state index is 0.101. The number of benzene rings is 2. The van der Waals surface area contributed by atoms with Gasteiger partial charge in [-0.15, -0.1) is 0 Å². The third-order valence-electron chi connectivity index (χ3n) is 4.69. The molecule has 0 aromatic heterocycles. The fourth-order valence-corrected chi connectivity index (χ4v) is 3.34. The molecule has 1 amide bonds. The topological polar surface area (TPSA) is 78.0 Å². The summed E-state index contributed by atoms with van der Waals surface area (Å²) in [7, 11) is 1.77. The normalized spacial score (nSPS) is 16.4. The molecule has 2 aromatic rings. The molecule has 154 valence electrons. The van der Waals surface area contributed by atoms with Gasteiger partial charge >= 0.3 is 0 Å². The molecule has 1 fully saturated rings. The Labute approximate surface area is 172 Å². The number of hydrogen-bond donors (Lipinski definition) is 3. The molecule has 29 heavy (non-hydrogen) atoms. The molecule has 1 heterocycles. The van der Waals surface area contributed by atoms with Crippen molar-refractivity contribution in [3.05, 3.63) is 54.6 Å². The summed E-state index contributed by atoms with van der Waals surface area (Å²) in [5.74, 6) is 1.40. The highest BCUT2D eigenvalue weighted by molar-refractivity contribution is 5.88. The molecule has 7 nitrogen and oxygen atoms in total. The summed E-state index contributed by atoms with van der Waals surface area (Å²) in [6.07, 6.45) is 1.07. The number of amides is 1. The summed E-state index contributed by atoms with van der Waals surface area (Å²) in [6.45, 7) is 4.59. The molecule has 1 saturated heterocycles. The van der Waals surface area contributed by atoms with Gasteiger partial charge in [0.25, 0.3) is 0 Å². The smallest absolute Gasteiger partial charge is 0.221 e. The Morgan fingerprint density at radius 1 is 1.21 bits per heavy atom. The molecular weight excluding hydrogens is 366 g/mol. The van der Waals surface area contributed by atoms with Crippen molar-refractivity contribution in [3.63, 3.8) is 0 Å². The first-order valence-corrected chi connectivity index (χ1v) is 9.91. The van der Waals surface area contributed by atoms with Gasteiger partial charge in [-0.25, -0.2) is 0 Å². The summed E-state index contributed by atoms with van der Waals surface area (Å²) in [6, 6.07) is 18.2. The van der Waals surface area contributed by atoms with Gasteiger partial charge in [0.15, 0.2) is 5.96 Å². The van der Waals surface area contributed by atoms with E-state index in [1.807, 2.05) is 30.3 Å². The van der Waals surface area contributed by atoms with Gasteiger partial charge in [-0.05, 0) is 30.7 Å². The lowest BCUT2D eigenvalue weighted by Crippen LogP contribution is -2.45. The number of aliphatic imine (C=N–C) groups is 1. The second kappa shape index (κ2) is 10.4. The van der Waals surface area contributed by atoms with Gasteiger partial charge in [-0.2, -0.15) is 0 Å². The lowest BCUT2D eigenvalue weighted by atomic mass is 10.3. The van der Waals surface area contributed by atoms with Crippen LogP contribution in [-0.2, 0) is 4.79 Å². The van der Waals surface area contributed by atoms with Crippen LogP contribution in [0.5, 0.6) is 5.75 Å². The number of ether oxygens (including phenoxy) is 1. The fraction of sp³-hybridized carbons (Fsp3) is 0.364. The maximum atomic E-state index is 11.2. The van der Waals surface area contributed by atoms with Crippen LogP contribution < -0.4 is 25.6 Å². The zero-order valence-corrected chi connectivity index (χ0v) is 17.0. The molecule has 1 aliphatic heterocycles. The van der Waals surface area contributed by atoms with Gasteiger partial charge in [0.2, 0.25) is 5.91 Å². The number of para-hydroxylation sites is 1. The van der Waals surface area contributed by atoms with Crippen molar-refractivity contribution in [1.29, 1.82) is 0 Å². The van der Waals surface area contributed by atoms with Crippen LogP contribution in [0.4, 0.5) is 11.4 Å². The zero-order chi connectivity index (χ0) is 20.5. The van der Waals surface area contributed by atoms with Gasteiger partial charge in [0, 0.05) is 50.5 Å². The predicted molar refractivity (Wildman–Crippen MR) is 118 cm³/mol. The molecule has 0 radical (unpaired) electrons. The molecule has 3 N–H and O–H groups in total. The maximum Gasteiger partial charge on any atom is 0.221 e. The Kier molecular flexibility index (Phi) is 7.33. The highest BCUT2D eigenvalue weighted by Gasteiger charge is 2.23. The van der Waals surface area contributed by atoms with Crippen molar-refractivity contribution >= 4 is 23.2 Å². The van der Waals surface area contributed by atoms with Crippen LogP contribution in [0.25, 0.3) is 0 Å². The summed E-state index contributed by atoms with van der Waals surface area (Å²) >= 11 is 0. The van der Waals surface area contributed by atoms with E-state index in [9.17, 15) is 4.79 Å². The average molecular weight is 396 g/mol. The standard InChI is InChI=1S/C22H29N5O2/c1-17(28)25-18-7-6-10-21(15-18)29-14-12-24-22(23-2)26-19-11-13-27(16-19)20-8-4-3-5-9-20/h3-10,15,19H,11-14,16H2,1-2H3,(H,25,28)(H2,23,24,26). The van der Waals surface area contributed by atoms with Crippen molar-refractivity contribution in [2.24, 2.45) is 4.99 Å². The molecular formula is C22H29N5O2. The van der Waals surface area contributed by atoms with Crippen LogP contribution in [-0.4, -0.2) is 51.2 Å². The first-order valence-electron chi connectivity index (χ1n) is 9.91. The third-order valence-corrected chi connectivity index (χ3v) is 4.69. The van der Waals surface area contributed by atoms with E-state index in [1.54, 1.807) is 7.05 Å². The molecule has 0 aliphatic carbocycles. The molecule has 1 atom stereocenters. The van der Waals surface area contributed by atoms with E-state index in [2.05, 4.69) is 50.1 Å². The summed E-state index contributed by atoms with van der Waals surface area (Å²) in [5.41, 5.74) is 1.99. The maximum absolute atomic E-state index is 11.2. The summed E-state index contributed by atoms with van der Waals surface area (Å²) in [4.78, 5) is 17.8. The average Bonchev–Trinajstić information content (AvgIpc) is 3.19. The van der Waals surface area contributed by atoms with Gasteiger partial charge in [-0.3, -0.25) is 9.79 Å². The van der Waals surface area contributed by atoms with Crippen molar-refractivity contribution in [3.8, 4) is 5.75 Å². The summed E-state index contributed by atoms with van der Waals surface area (Å²) < 4.78 is 5.76. The quantitative estimate of drug-likeness (QED) is 0.381. The van der Waals surface area contributed by atoms with E-state index in [0.717, 1.165) is 36.9 Å². The molecule has 0 saturated carbocycles. The molecule has 3 rings (SSSR count). The van der Waals surface area contributed by atoms with Crippen LogP contribution in [0, 0.1) is 0 Å². The largest absolute Gasteiger partial charge is 0.492 e.